The maximum Gasteiger partial charge on any atom is 0.0596 e. The molecule has 1 aromatic heterocycles. The summed E-state index contributed by atoms with van der Waals surface area (Å²) in [6.07, 6.45) is 3.53. The molecule has 1 aliphatic carbocycles. The molecule has 0 amide bonds. The van der Waals surface area contributed by atoms with Crippen molar-refractivity contribution in [1.29, 1.82) is 0 Å². The molecule has 1 heterocycles. The fraction of sp³-hybridized carbons (Fsp3) is 0.750. The predicted molar refractivity (Wildman–Crippen MR) is 64.8 cm³/mol. The van der Waals surface area contributed by atoms with Gasteiger partial charge in [0.05, 0.1) is 5.69 Å². The second-order valence-electron chi connectivity index (χ2n) is 5.17. The largest absolute Gasteiger partial charge is 0.271 e. The van der Waals surface area contributed by atoms with E-state index in [9.17, 15) is 0 Å². The van der Waals surface area contributed by atoms with Crippen LogP contribution in [-0.2, 0) is 13.0 Å². The Balaban J connectivity index is 2.12. The average molecular weight is 222 g/mol. The first-order chi connectivity index (χ1) is 7.59. The van der Waals surface area contributed by atoms with E-state index in [2.05, 4.69) is 35.1 Å². The fourth-order valence-electron chi connectivity index (χ4n) is 2.30. The molecule has 1 atom stereocenters. The lowest BCUT2D eigenvalue weighted by Crippen LogP contribution is -2.43. The molecule has 4 nitrogen and oxygen atoms in total. The quantitative estimate of drug-likeness (QED) is 0.584. The molecule has 2 rings (SSSR count). The van der Waals surface area contributed by atoms with Crippen LogP contribution in [0.25, 0.3) is 0 Å². The van der Waals surface area contributed by atoms with Crippen LogP contribution in [0.5, 0.6) is 0 Å². The summed E-state index contributed by atoms with van der Waals surface area (Å²) in [6, 6.07) is 2.54. The molecule has 0 saturated heterocycles. The summed E-state index contributed by atoms with van der Waals surface area (Å²) < 4.78 is 2.07. The highest BCUT2D eigenvalue weighted by atomic mass is 15.3. The third kappa shape index (κ3) is 2.13. The fourth-order valence-corrected chi connectivity index (χ4v) is 2.30. The van der Waals surface area contributed by atoms with Crippen molar-refractivity contribution in [2.24, 2.45) is 11.3 Å². The van der Waals surface area contributed by atoms with Crippen molar-refractivity contribution in [3.05, 3.63) is 17.5 Å². The van der Waals surface area contributed by atoms with Gasteiger partial charge in [0.2, 0.25) is 0 Å². The predicted octanol–water partition coefficient (Wildman–Crippen LogP) is 1.39. The van der Waals surface area contributed by atoms with Crippen LogP contribution in [0.2, 0.25) is 0 Å². The lowest BCUT2D eigenvalue weighted by molar-refractivity contribution is 0.351. The van der Waals surface area contributed by atoms with Crippen LogP contribution in [0.3, 0.4) is 0 Å². The topological polar surface area (TPSA) is 55.9 Å². The minimum atomic E-state index is 0.369. The molecule has 4 heteroatoms. The Hall–Kier alpha value is -0.870. The van der Waals surface area contributed by atoms with Crippen LogP contribution in [-0.4, -0.2) is 15.8 Å². The minimum absolute atomic E-state index is 0.369. The highest BCUT2D eigenvalue weighted by Crippen LogP contribution is 2.48. The maximum absolute atomic E-state index is 5.67. The molecule has 0 aliphatic heterocycles. The van der Waals surface area contributed by atoms with Crippen LogP contribution >= 0.6 is 0 Å². The SMILES string of the molecule is CCn1nc(C)cc1CC(NN)C1(C)CC1. The summed E-state index contributed by atoms with van der Waals surface area (Å²) in [5.74, 6) is 5.67. The standard InChI is InChI=1S/C12H22N4/c1-4-16-10(7-9(2)15-16)8-11(14-13)12(3)5-6-12/h7,11,14H,4-6,8,13H2,1-3H3. The number of nitrogens with two attached hydrogens (primary N) is 1. The van der Waals surface area contributed by atoms with E-state index in [0.29, 0.717) is 11.5 Å². The molecule has 1 fully saturated rings. The Kier molecular flexibility index (Phi) is 3.04. The molecule has 1 saturated carbocycles. The van der Waals surface area contributed by atoms with Gasteiger partial charge < -0.3 is 0 Å². The Morgan fingerprint density at radius 2 is 2.31 bits per heavy atom. The van der Waals surface area contributed by atoms with Crippen LogP contribution in [0.1, 0.15) is 38.1 Å². The maximum atomic E-state index is 5.67. The lowest BCUT2D eigenvalue weighted by atomic mass is 9.95. The van der Waals surface area contributed by atoms with Crippen LogP contribution in [0.4, 0.5) is 0 Å². The smallest absolute Gasteiger partial charge is 0.0596 e. The molecular weight excluding hydrogens is 200 g/mol. The number of hydrogen-bond acceptors (Lipinski definition) is 3. The zero-order chi connectivity index (χ0) is 11.8. The van der Waals surface area contributed by atoms with E-state index in [1.165, 1.54) is 18.5 Å². The van der Waals surface area contributed by atoms with Gasteiger partial charge in [-0.05, 0) is 38.2 Å². The number of aryl methyl sites for hydroxylation is 2. The van der Waals surface area contributed by atoms with Gasteiger partial charge in [0.15, 0.2) is 0 Å². The Morgan fingerprint density at radius 3 is 2.81 bits per heavy atom. The van der Waals surface area contributed by atoms with Crippen molar-refractivity contribution in [2.75, 3.05) is 0 Å². The summed E-state index contributed by atoms with van der Waals surface area (Å²) in [7, 11) is 0. The van der Waals surface area contributed by atoms with E-state index >= 15 is 0 Å². The van der Waals surface area contributed by atoms with Crippen molar-refractivity contribution in [1.82, 2.24) is 15.2 Å². The van der Waals surface area contributed by atoms with Gasteiger partial charge >= 0.3 is 0 Å². The first kappa shape index (κ1) is 11.6. The third-order valence-electron chi connectivity index (χ3n) is 3.78. The molecule has 16 heavy (non-hydrogen) atoms. The molecule has 0 spiro atoms. The zero-order valence-corrected chi connectivity index (χ0v) is 10.5. The van der Waals surface area contributed by atoms with E-state index in [-0.39, 0.29) is 0 Å². The van der Waals surface area contributed by atoms with E-state index < -0.39 is 0 Å². The number of hydrazine groups is 1. The second-order valence-corrected chi connectivity index (χ2v) is 5.17. The van der Waals surface area contributed by atoms with E-state index in [0.717, 1.165) is 18.7 Å². The van der Waals surface area contributed by atoms with E-state index in [1.807, 2.05) is 6.92 Å². The number of nitrogens with zero attached hydrogens (tertiary/aromatic N) is 2. The number of hydrogen-bond donors (Lipinski definition) is 2. The zero-order valence-electron chi connectivity index (χ0n) is 10.5. The number of rotatable bonds is 5. The first-order valence-electron chi connectivity index (χ1n) is 6.08. The molecular formula is C12H22N4. The summed E-state index contributed by atoms with van der Waals surface area (Å²) >= 11 is 0. The van der Waals surface area contributed by atoms with E-state index in [4.69, 9.17) is 5.84 Å². The molecule has 1 aromatic rings. The molecule has 0 aromatic carbocycles. The average Bonchev–Trinajstić information content (AvgIpc) is 2.89. The second kappa shape index (κ2) is 4.18. The summed E-state index contributed by atoms with van der Waals surface area (Å²) in [6.45, 7) is 7.40. The first-order valence-corrected chi connectivity index (χ1v) is 6.08. The van der Waals surface area contributed by atoms with Crippen molar-refractivity contribution < 1.29 is 0 Å². The molecule has 3 N–H and O–H groups in total. The molecule has 1 aliphatic rings. The molecule has 1 unspecified atom stereocenters. The highest BCUT2D eigenvalue weighted by Gasteiger charge is 2.44. The lowest BCUT2D eigenvalue weighted by Gasteiger charge is -2.22. The summed E-state index contributed by atoms with van der Waals surface area (Å²) in [5, 5.41) is 4.47. The van der Waals surface area contributed by atoms with Crippen molar-refractivity contribution in [3.8, 4) is 0 Å². The monoisotopic (exact) mass is 222 g/mol. The summed E-state index contributed by atoms with van der Waals surface area (Å²) in [4.78, 5) is 0. The van der Waals surface area contributed by atoms with Gasteiger partial charge in [-0.3, -0.25) is 16.0 Å². The van der Waals surface area contributed by atoms with Crippen LogP contribution < -0.4 is 11.3 Å². The van der Waals surface area contributed by atoms with Crippen LogP contribution in [0.15, 0.2) is 6.07 Å². The van der Waals surface area contributed by atoms with Gasteiger partial charge in [-0.1, -0.05) is 6.92 Å². The normalized spacial score (nSPS) is 19.8. The number of aromatic nitrogens is 2. The third-order valence-corrected chi connectivity index (χ3v) is 3.78. The van der Waals surface area contributed by atoms with Gasteiger partial charge in [-0.15, -0.1) is 0 Å². The van der Waals surface area contributed by atoms with E-state index in [1.54, 1.807) is 0 Å². The van der Waals surface area contributed by atoms with Gasteiger partial charge in [0.25, 0.3) is 0 Å². The molecule has 0 radical (unpaired) electrons. The molecule has 90 valence electrons. The van der Waals surface area contributed by atoms with Gasteiger partial charge in [0.1, 0.15) is 0 Å². The van der Waals surface area contributed by atoms with Crippen molar-refractivity contribution >= 4 is 0 Å². The van der Waals surface area contributed by atoms with Crippen molar-refractivity contribution in [3.63, 3.8) is 0 Å². The number of nitrogens with one attached hydrogen (secondary N) is 1. The highest BCUT2D eigenvalue weighted by molar-refractivity contribution is 5.13. The van der Waals surface area contributed by atoms with Gasteiger partial charge in [0, 0.05) is 24.7 Å². The van der Waals surface area contributed by atoms with Crippen LogP contribution in [0, 0.1) is 12.3 Å². The van der Waals surface area contributed by atoms with Crippen molar-refractivity contribution in [2.45, 2.75) is 52.6 Å². The van der Waals surface area contributed by atoms with Gasteiger partial charge in [-0.25, -0.2) is 0 Å². The minimum Gasteiger partial charge on any atom is -0.271 e. The Labute approximate surface area is 97.2 Å². The Morgan fingerprint density at radius 1 is 1.62 bits per heavy atom. The Bertz CT molecular complexity index is 365. The molecule has 0 bridgehead atoms. The van der Waals surface area contributed by atoms with Gasteiger partial charge in [-0.2, -0.15) is 5.10 Å². The summed E-state index contributed by atoms with van der Waals surface area (Å²) in [5.41, 5.74) is 5.75.